The first-order chi connectivity index (χ1) is 31.9. The molecule has 0 amide bonds. The minimum Gasteiger partial charge on any atom is -0.462 e. The van der Waals surface area contributed by atoms with Crippen molar-refractivity contribution in [2.45, 2.75) is 197 Å². The number of phosphoric ester groups is 2. The molecule has 386 valence electrons. The van der Waals surface area contributed by atoms with Crippen molar-refractivity contribution in [3.8, 4) is 0 Å². The van der Waals surface area contributed by atoms with Gasteiger partial charge in [0.1, 0.15) is 43.2 Å². The highest BCUT2D eigenvalue weighted by Crippen LogP contribution is 2.49. The van der Waals surface area contributed by atoms with Crippen molar-refractivity contribution in [3.63, 3.8) is 0 Å². The van der Waals surface area contributed by atoms with E-state index in [0.717, 1.165) is 64.2 Å². The van der Waals surface area contributed by atoms with Gasteiger partial charge in [-0.3, -0.25) is 23.2 Å². The maximum Gasteiger partial charge on any atom is 0.472 e. The molecular weight excluding hydrogens is 914 g/mol. The lowest BCUT2D eigenvalue weighted by atomic mass is 9.85. The smallest absolute Gasteiger partial charge is 0.462 e. The fourth-order valence-electron chi connectivity index (χ4n) is 6.66. The molecule has 0 aromatic rings. The molecule has 0 spiro atoms. The number of phosphoric acid groups is 2. The number of carbonyl (C=O) groups is 2. The minimum atomic E-state index is -5.40. The van der Waals surface area contributed by atoms with Crippen molar-refractivity contribution >= 4 is 27.6 Å². The molecule has 0 aromatic carbocycles. The van der Waals surface area contributed by atoms with Gasteiger partial charge in [-0.1, -0.05) is 132 Å². The van der Waals surface area contributed by atoms with Gasteiger partial charge in [-0.2, -0.15) is 0 Å². The summed E-state index contributed by atoms with van der Waals surface area (Å²) in [4.78, 5) is 54.3. The average Bonchev–Trinajstić information content (AvgIpc) is 3.27. The Morgan fingerprint density at radius 1 is 0.567 bits per heavy atom. The molecule has 0 saturated heterocycles. The summed E-state index contributed by atoms with van der Waals surface area (Å²) >= 11 is 0. The Hall–Kier alpha value is -2.64. The molecule has 0 heterocycles. The summed E-state index contributed by atoms with van der Waals surface area (Å²) in [5, 5.41) is 61.6. The number of allylic oxidation sites excluding steroid dienone is 9. The molecule has 1 aliphatic rings. The minimum absolute atomic E-state index is 0.0282. The molecule has 67 heavy (non-hydrogen) atoms. The zero-order valence-corrected chi connectivity index (χ0v) is 41.1. The second-order valence-corrected chi connectivity index (χ2v) is 19.1. The summed E-state index contributed by atoms with van der Waals surface area (Å²) in [5.41, 5.74) is 0. The lowest BCUT2D eigenvalue weighted by Crippen LogP contribution is -2.64. The zero-order chi connectivity index (χ0) is 49.9. The van der Waals surface area contributed by atoms with E-state index in [2.05, 4.69) is 48.8 Å². The first-order valence-corrected chi connectivity index (χ1v) is 26.7. The second kappa shape index (κ2) is 37.2. The molecule has 10 atom stereocenters. The zero-order valence-electron chi connectivity index (χ0n) is 39.3. The molecular formula is C47H80O18P2. The summed E-state index contributed by atoms with van der Waals surface area (Å²) < 4.78 is 49.2. The Bertz CT molecular complexity index is 1610. The molecule has 1 rings (SSSR count). The highest BCUT2D eigenvalue weighted by atomic mass is 31.2. The van der Waals surface area contributed by atoms with Gasteiger partial charge in [0.15, 0.2) is 6.10 Å². The summed E-state index contributed by atoms with van der Waals surface area (Å²) in [6.45, 7) is 2.79. The van der Waals surface area contributed by atoms with Crippen LogP contribution in [0.15, 0.2) is 72.9 Å². The molecule has 0 aromatic heterocycles. The van der Waals surface area contributed by atoms with E-state index in [1.165, 1.54) is 31.8 Å². The third-order valence-electron chi connectivity index (χ3n) is 10.4. The second-order valence-electron chi connectivity index (χ2n) is 16.5. The van der Waals surface area contributed by atoms with E-state index in [1.807, 2.05) is 6.08 Å². The number of esters is 2. The van der Waals surface area contributed by atoms with Gasteiger partial charge >= 0.3 is 27.6 Å². The van der Waals surface area contributed by atoms with E-state index < -0.39 is 95.7 Å². The fraction of sp³-hybridized carbons (Fsp3) is 0.702. The van der Waals surface area contributed by atoms with Gasteiger partial charge in [0.05, 0.1) is 18.8 Å². The molecule has 20 heteroatoms. The van der Waals surface area contributed by atoms with Crippen LogP contribution in [-0.4, -0.2) is 125 Å². The van der Waals surface area contributed by atoms with E-state index in [1.54, 1.807) is 30.4 Å². The number of rotatable bonds is 38. The summed E-state index contributed by atoms with van der Waals surface area (Å²) in [6.07, 6.45) is 21.9. The van der Waals surface area contributed by atoms with Crippen molar-refractivity contribution in [2.24, 2.45) is 0 Å². The average molecular weight is 995 g/mol. The number of hydrogen-bond acceptors (Lipinski definition) is 15. The van der Waals surface area contributed by atoms with Crippen molar-refractivity contribution in [2.75, 3.05) is 13.2 Å². The first-order valence-electron chi connectivity index (χ1n) is 23.7. The molecule has 1 fully saturated rings. The van der Waals surface area contributed by atoms with Crippen LogP contribution < -0.4 is 0 Å². The topological polar surface area (TPSA) is 296 Å². The summed E-state index contributed by atoms with van der Waals surface area (Å²) in [6, 6.07) is 0. The highest BCUT2D eigenvalue weighted by molar-refractivity contribution is 7.47. The van der Waals surface area contributed by atoms with Crippen LogP contribution in [0.25, 0.3) is 0 Å². The van der Waals surface area contributed by atoms with Crippen molar-refractivity contribution < 1.29 is 87.1 Å². The van der Waals surface area contributed by atoms with E-state index in [0.29, 0.717) is 12.8 Å². The van der Waals surface area contributed by atoms with Gasteiger partial charge in [-0.05, 0) is 70.6 Å². The maximum absolute atomic E-state index is 13.0. The van der Waals surface area contributed by atoms with E-state index in [9.17, 15) is 64.0 Å². The van der Waals surface area contributed by atoms with Gasteiger partial charge in [-0.25, -0.2) is 9.13 Å². The van der Waals surface area contributed by atoms with E-state index in [-0.39, 0.29) is 25.7 Å². The van der Waals surface area contributed by atoms with Gasteiger partial charge in [0, 0.05) is 12.8 Å². The van der Waals surface area contributed by atoms with Crippen LogP contribution >= 0.6 is 15.6 Å². The van der Waals surface area contributed by atoms with Crippen molar-refractivity contribution in [1.29, 1.82) is 0 Å². The molecule has 0 aliphatic heterocycles. The Kier molecular flexibility index (Phi) is 34.7. The number of aliphatic hydroxyl groups is 6. The van der Waals surface area contributed by atoms with E-state index >= 15 is 0 Å². The normalized spacial score (nSPS) is 23.0. The Balaban J connectivity index is 2.72. The van der Waals surface area contributed by atoms with Crippen LogP contribution in [-0.2, 0) is 41.8 Å². The number of hydrogen-bond donors (Lipinski definition) is 9. The lowest BCUT2D eigenvalue weighted by molar-refractivity contribution is -0.216. The third kappa shape index (κ3) is 32.0. The molecule has 0 radical (unpaired) electrons. The Morgan fingerprint density at radius 2 is 1.09 bits per heavy atom. The molecule has 1 saturated carbocycles. The third-order valence-corrected chi connectivity index (χ3v) is 11.9. The van der Waals surface area contributed by atoms with Gasteiger partial charge < -0.3 is 54.8 Å². The first kappa shape index (κ1) is 62.4. The molecule has 1 aliphatic carbocycles. The Morgan fingerprint density at radius 3 is 1.69 bits per heavy atom. The number of ether oxygens (including phenoxy) is 2. The van der Waals surface area contributed by atoms with Crippen molar-refractivity contribution in [1.82, 2.24) is 0 Å². The van der Waals surface area contributed by atoms with Crippen molar-refractivity contribution in [3.05, 3.63) is 72.9 Å². The van der Waals surface area contributed by atoms with Gasteiger partial charge in [0.2, 0.25) is 0 Å². The lowest BCUT2D eigenvalue weighted by Gasteiger charge is -2.43. The van der Waals surface area contributed by atoms with Crippen LogP contribution in [0.2, 0.25) is 0 Å². The maximum atomic E-state index is 13.0. The fourth-order valence-corrected chi connectivity index (χ4v) is 8.20. The van der Waals surface area contributed by atoms with E-state index in [4.69, 9.17) is 18.5 Å². The molecule has 0 bridgehead atoms. The van der Waals surface area contributed by atoms with Crippen LogP contribution in [0.5, 0.6) is 0 Å². The Labute approximate surface area is 397 Å². The number of carbonyl (C=O) groups excluding carboxylic acids is 2. The molecule has 18 nitrogen and oxygen atoms in total. The van der Waals surface area contributed by atoms with Crippen LogP contribution in [0.4, 0.5) is 0 Å². The molecule has 5 unspecified atom stereocenters. The standard InChI is InChI=1S/C47H80O18P2/c1-3-5-7-9-11-12-13-14-15-16-17-18-19-21-27-33-41(51)63-39(36-62-67(59,60)65-47-44(54)42(52)43(53)46(45(47)55)64-66(56,57)58)35-61-40(50)34-28-32-38(49)31-26-23-22-25-30-37(48)29-24-20-10-8-6-4-2/h11-12,14-15,20,22-26,30-31,37-39,42-49,52-55H,3-10,13,16-19,21,27-29,32-36H2,1-2H3,(H,59,60)(H2,56,57,58)/b12-11-,15-14-,23-22+,24-20-,30-25+,31-26-/t37-,38-,39-,42?,43?,44?,45?,46-,47+/m1/s1. The predicted molar refractivity (Wildman–Crippen MR) is 253 cm³/mol. The SMILES string of the molecule is CCCCC/C=C\C/C=C\CCCCCCCC(=O)O[C@H](COC(=O)CCC[C@H](O)\C=C/C=C/C=C/[C@H](O)C/C=C\CCCCC)COP(=O)(O)O[C@H]1C(O)C(O)C(O)[C@@H](OP(=O)(O)O)C1O. The monoisotopic (exact) mass is 994 g/mol. The quantitative estimate of drug-likeness (QED) is 0.0101. The number of unbranched alkanes of at least 4 members (excludes halogenated alkanes) is 11. The largest absolute Gasteiger partial charge is 0.472 e. The van der Waals surface area contributed by atoms with Crippen LogP contribution in [0, 0.1) is 0 Å². The van der Waals surface area contributed by atoms with Gasteiger partial charge in [-0.15, -0.1) is 0 Å². The summed E-state index contributed by atoms with van der Waals surface area (Å²) in [5.74, 6) is -1.47. The molecule has 9 N–H and O–H groups in total. The highest BCUT2D eigenvalue weighted by Gasteiger charge is 2.54. The number of aliphatic hydroxyl groups excluding tert-OH is 6. The van der Waals surface area contributed by atoms with Crippen LogP contribution in [0.1, 0.15) is 142 Å². The van der Waals surface area contributed by atoms with Crippen LogP contribution in [0.3, 0.4) is 0 Å². The van der Waals surface area contributed by atoms with Gasteiger partial charge in [0.25, 0.3) is 0 Å². The predicted octanol–water partition coefficient (Wildman–Crippen LogP) is 6.78. The summed E-state index contributed by atoms with van der Waals surface area (Å²) in [7, 11) is -10.8.